The first-order chi connectivity index (χ1) is 10.7. The van der Waals surface area contributed by atoms with Gasteiger partial charge in [-0.05, 0) is 11.6 Å². The van der Waals surface area contributed by atoms with Crippen molar-refractivity contribution >= 4 is 5.91 Å². The topological polar surface area (TPSA) is 88.5 Å². The monoisotopic (exact) mass is 296 g/mol. The van der Waals surface area contributed by atoms with Crippen LogP contribution in [0.2, 0.25) is 0 Å². The highest BCUT2D eigenvalue weighted by molar-refractivity contribution is 5.93. The van der Waals surface area contributed by atoms with Crippen molar-refractivity contribution in [3.8, 4) is 11.3 Å². The zero-order valence-corrected chi connectivity index (χ0v) is 12.2. The molecule has 7 heteroatoms. The van der Waals surface area contributed by atoms with Crippen molar-refractivity contribution in [3.63, 3.8) is 0 Å². The quantitative estimate of drug-likeness (QED) is 0.740. The smallest absolute Gasteiger partial charge is 0.271 e. The van der Waals surface area contributed by atoms with E-state index in [9.17, 15) is 4.79 Å². The molecular weight excluding hydrogens is 280 g/mol. The average Bonchev–Trinajstić information content (AvgIpc) is 3.17. The van der Waals surface area contributed by atoms with E-state index in [-0.39, 0.29) is 5.91 Å². The Morgan fingerprint density at radius 2 is 2.14 bits per heavy atom. The van der Waals surface area contributed by atoms with Crippen LogP contribution in [0.3, 0.4) is 0 Å². The van der Waals surface area contributed by atoms with Gasteiger partial charge in [-0.1, -0.05) is 30.3 Å². The number of amides is 1. The number of hydrogen-bond donors (Lipinski definition) is 2. The van der Waals surface area contributed by atoms with Gasteiger partial charge < -0.3 is 5.32 Å². The number of hydrogen-bond acceptors (Lipinski definition) is 4. The van der Waals surface area contributed by atoms with Crippen LogP contribution in [0.4, 0.5) is 0 Å². The van der Waals surface area contributed by atoms with E-state index in [1.807, 2.05) is 37.4 Å². The van der Waals surface area contributed by atoms with Crippen molar-refractivity contribution in [2.45, 2.75) is 6.42 Å². The van der Waals surface area contributed by atoms with Crippen LogP contribution in [0.25, 0.3) is 11.3 Å². The standard InChI is InChI=1S/C15H16N6O/c1-21-14(11-5-3-2-4-6-11)9-13(19-21)15(22)16-8-7-12-10-17-20-18-12/h2-6,9-10H,7-8H2,1H3,(H,16,22)(H,17,18,20). The zero-order chi connectivity index (χ0) is 15.4. The predicted molar refractivity (Wildman–Crippen MR) is 81.1 cm³/mol. The third-order valence-corrected chi connectivity index (χ3v) is 3.31. The molecule has 3 rings (SSSR count). The summed E-state index contributed by atoms with van der Waals surface area (Å²) in [5, 5.41) is 17.3. The molecule has 7 nitrogen and oxygen atoms in total. The fourth-order valence-corrected chi connectivity index (χ4v) is 2.20. The van der Waals surface area contributed by atoms with E-state index < -0.39 is 0 Å². The predicted octanol–water partition coefficient (Wildman–Crippen LogP) is 1.18. The summed E-state index contributed by atoms with van der Waals surface area (Å²) in [7, 11) is 1.83. The van der Waals surface area contributed by atoms with E-state index in [0.717, 1.165) is 17.0 Å². The largest absolute Gasteiger partial charge is 0.350 e. The van der Waals surface area contributed by atoms with E-state index in [2.05, 4.69) is 25.8 Å². The molecule has 0 fully saturated rings. The fraction of sp³-hybridized carbons (Fsp3) is 0.200. The summed E-state index contributed by atoms with van der Waals surface area (Å²) in [6, 6.07) is 11.6. The highest BCUT2D eigenvalue weighted by Gasteiger charge is 2.13. The number of rotatable bonds is 5. The molecular formula is C15H16N6O. The summed E-state index contributed by atoms with van der Waals surface area (Å²) in [5.74, 6) is -0.193. The van der Waals surface area contributed by atoms with Gasteiger partial charge >= 0.3 is 0 Å². The van der Waals surface area contributed by atoms with Crippen LogP contribution in [-0.2, 0) is 13.5 Å². The number of carbonyl (C=O) groups excluding carboxylic acids is 1. The van der Waals surface area contributed by atoms with Crippen molar-refractivity contribution in [2.75, 3.05) is 6.54 Å². The maximum Gasteiger partial charge on any atom is 0.271 e. The fourth-order valence-electron chi connectivity index (χ4n) is 2.20. The van der Waals surface area contributed by atoms with E-state index >= 15 is 0 Å². The Morgan fingerprint density at radius 1 is 1.32 bits per heavy atom. The van der Waals surface area contributed by atoms with Crippen LogP contribution in [0.1, 0.15) is 16.2 Å². The molecule has 2 heterocycles. The summed E-state index contributed by atoms with van der Waals surface area (Å²) in [6.45, 7) is 0.489. The van der Waals surface area contributed by atoms with Gasteiger partial charge in [0.05, 0.1) is 17.6 Å². The van der Waals surface area contributed by atoms with Crippen LogP contribution in [0, 0.1) is 0 Å². The lowest BCUT2D eigenvalue weighted by atomic mass is 10.1. The summed E-state index contributed by atoms with van der Waals surface area (Å²) in [5.41, 5.74) is 3.15. The Kier molecular flexibility index (Phi) is 3.95. The average molecular weight is 296 g/mol. The first kappa shape index (κ1) is 14.0. The number of aromatic nitrogens is 5. The Bertz CT molecular complexity index is 748. The second-order valence-electron chi connectivity index (χ2n) is 4.87. The SMILES string of the molecule is Cn1nc(C(=O)NCCc2cn[nH]n2)cc1-c1ccccc1. The maximum atomic E-state index is 12.1. The number of aryl methyl sites for hydroxylation is 1. The first-order valence-electron chi connectivity index (χ1n) is 6.96. The third kappa shape index (κ3) is 3.03. The van der Waals surface area contributed by atoms with Gasteiger partial charge in [0.2, 0.25) is 0 Å². The van der Waals surface area contributed by atoms with Gasteiger partial charge in [0.25, 0.3) is 5.91 Å². The third-order valence-electron chi connectivity index (χ3n) is 3.31. The van der Waals surface area contributed by atoms with E-state index in [0.29, 0.717) is 18.7 Å². The van der Waals surface area contributed by atoms with Crippen LogP contribution in [-0.4, -0.2) is 37.6 Å². The molecule has 0 aliphatic carbocycles. The molecule has 0 bridgehead atoms. The molecule has 2 aromatic heterocycles. The van der Waals surface area contributed by atoms with Gasteiger partial charge in [0.15, 0.2) is 5.69 Å². The molecule has 0 saturated heterocycles. The lowest BCUT2D eigenvalue weighted by Gasteiger charge is -2.00. The van der Waals surface area contributed by atoms with Gasteiger partial charge in [-0.15, -0.1) is 0 Å². The van der Waals surface area contributed by atoms with Crippen LogP contribution < -0.4 is 5.32 Å². The Labute approximate surface area is 127 Å². The van der Waals surface area contributed by atoms with E-state index in [1.165, 1.54) is 0 Å². The van der Waals surface area contributed by atoms with Crippen LogP contribution in [0.5, 0.6) is 0 Å². The normalized spacial score (nSPS) is 10.6. The summed E-state index contributed by atoms with van der Waals surface area (Å²) < 4.78 is 1.71. The summed E-state index contributed by atoms with van der Waals surface area (Å²) in [6.07, 6.45) is 2.26. The van der Waals surface area contributed by atoms with Crippen LogP contribution >= 0.6 is 0 Å². The number of nitrogens with zero attached hydrogens (tertiary/aromatic N) is 4. The van der Waals surface area contributed by atoms with E-state index in [1.54, 1.807) is 16.9 Å². The number of nitrogens with one attached hydrogen (secondary N) is 2. The second-order valence-corrected chi connectivity index (χ2v) is 4.87. The van der Waals surface area contributed by atoms with Gasteiger partial charge in [-0.25, -0.2) is 0 Å². The minimum absolute atomic E-state index is 0.193. The molecule has 1 aromatic carbocycles. The van der Waals surface area contributed by atoms with Gasteiger partial charge in [-0.3, -0.25) is 9.48 Å². The molecule has 0 aliphatic heterocycles. The lowest BCUT2D eigenvalue weighted by Crippen LogP contribution is -2.26. The molecule has 2 N–H and O–H groups in total. The lowest BCUT2D eigenvalue weighted by molar-refractivity contribution is 0.0948. The second kappa shape index (κ2) is 6.21. The molecule has 0 radical (unpaired) electrons. The van der Waals surface area contributed by atoms with Crippen molar-refractivity contribution in [1.29, 1.82) is 0 Å². The van der Waals surface area contributed by atoms with Crippen molar-refractivity contribution in [2.24, 2.45) is 7.05 Å². The molecule has 0 aliphatic rings. The van der Waals surface area contributed by atoms with E-state index in [4.69, 9.17) is 0 Å². The van der Waals surface area contributed by atoms with Crippen molar-refractivity contribution in [3.05, 3.63) is 54.0 Å². The minimum Gasteiger partial charge on any atom is -0.350 e. The molecule has 0 saturated carbocycles. The minimum atomic E-state index is -0.193. The maximum absolute atomic E-state index is 12.1. The summed E-state index contributed by atoms with van der Waals surface area (Å²) in [4.78, 5) is 12.1. The van der Waals surface area contributed by atoms with Gasteiger partial charge in [0, 0.05) is 20.0 Å². The van der Waals surface area contributed by atoms with Gasteiger partial charge in [-0.2, -0.15) is 20.5 Å². The molecule has 0 spiro atoms. The zero-order valence-electron chi connectivity index (χ0n) is 12.2. The number of carbonyl (C=O) groups is 1. The molecule has 1 amide bonds. The molecule has 22 heavy (non-hydrogen) atoms. The number of benzene rings is 1. The Morgan fingerprint density at radius 3 is 2.86 bits per heavy atom. The highest BCUT2D eigenvalue weighted by Crippen LogP contribution is 2.19. The molecule has 112 valence electrons. The molecule has 0 atom stereocenters. The number of H-pyrrole nitrogens is 1. The van der Waals surface area contributed by atoms with Crippen molar-refractivity contribution in [1.82, 2.24) is 30.5 Å². The molecule has 0 unspecified atom stereocenters. The number of aromatic amines is 1. The summed E-state index contributed by atoms with van der Waals surface area (Å²) >= 11 is 0. The van der Waals surface area contributed by atoms with Crippen LogP contribution in [0.15, 0.2) is 42.6 Å². The van der Waals surface area contributed by atoms with Crippen molar-refractivity contribution < 1.29 is 4.79 Å². The first-order valence-corrected chi connectivity index (χ1v) is 6.96. The molecule has 3 aromatic rings. The Balaban J connectivity index is 1.66. The Hall–Kier alpha value is -2.96. The highest BCUT2D eigenvalue weighted by atomic mass is 16.1. The van der Waals surface area contributed by atoms with Gasteiger partial charge in [0.1, 0.15) is 0 Å².